The minimum absolute atomic E-state index is 0.0612. The van der Waals surface area contributed by atoms with Crippen LogP contribution in [0.4, 0.5) is 0 Å². The van der Waals surface area contributed by atoms with Crippen molar-refractivity contribution in [2.75, 3.05) is 13.1 Å². The topological polar surface area (TPSA) is 57.6 Å². The number of β-lactam (4-membered cyclic amide) rings is 1. The third-order valence-corrected chi connectivity index (χ3v) is 1.54. The molecular formula is C6H9NO3. The number of hydrogen-bond donors (Lipinski definition) is 1. The number of aliphatic carboxylic acids is 1. The van der Waals surface area contributed by atoms with Gasteiger partial charge in [0.2, 0.25) is 5.91 Å². The molecule has 0 unspecified atom stereocenters. The maximum Gasteiger partial charge on any atom is 0.305 e. The van der Waals surface area contributed by atoms with Gasteiger partial charge < -0.3 is 10.0 Å². The number of hydrogen-bond acceptors (Lipinski definition) is 2. The Morgan fingerprint density at radius 3 is 2.70 bits per heavy atom. The Labute approximate surface area is 58.4 Å². The van der Waals surface area contributed by atoms with E-state index in [1.165, 1.54) is 0 Å². The van der Waals surface area contributed by atoms with Crippen molar-refractivity contribution in [1.29, 1.82) is 0 Å². The quantitative estimate of drug-likeness (QED) is 0.551. The van der Waals surface area contributed by atoms with Crippen LogP contribution in [0.25, 0.3) is 0 Å². The van der Waals surface area contributed by atoms with E-state index < -0.39 is 5.97 Å². The molecule has 0 radical (unpaired) electrons. The van der Waals surface area contributed by atoms with Crippen molar-refractivity contribution in [2.24, 2.45) is 0 Å². The normalized spacial score (nSPS) is 16.8. The third-order valence-electron chi connectivity index (χ3n) is 1.54. The molecule has 1 fully saturated rings. The molecular weight excluding hydrogens is 134 g/mol. The molecule has 4 nitrogen and oxygen atoms in total. The zero-order chi connectivity index (χ0) is 7.56. The lowest BCUT2D eigenvalue weighted by molar-refractivity contribution is -0.142. The summed E-state index contributed by atoms with van der Waals surface area (Å²) in [7, 11) is 0. The molecule has 1 saturated heterocycles. The van der Waals surface area contributed by atoms with Crippen molar-refractivity contribution >= 4 is 11.9 Å². The first-order valence-corrected chi connectivity index (χ1v) is 3.20. The Morgan fingerprint density at radius 2 is 2.40 bits per heavy atom. The van der Waals surface area contributed by atoms with E-state index in [1.807, 2.05) is 0 Å². The zero-order valence-electron chi connectivity index (χ0n) is 5.54. The molecule has 0 aromatic heterocycles. The smallest absolute Gasteiger partial charge is 0.305 e. The summed E-state index contributed by atoms with van der Waals surface area (Å²) < 4.78 is 0. The summed E-state index contributed by atoms with van der Waals surface area (Å²) in [6, 6.07) is 0. The van der Waals surface area contributed by atoms with Crippen molar-refractivity contribution in [3.05, 3.63) is 0 Å². The van der Waals surface area contributed by atoms with Gasteiger partial charge in [-0.15, -0.1) is 0 Å². The van der Waals surface area contributed by atoms with Crippen molar-refractivity contribution in [3.8, 4) is 0 Å². The molecule has 1 heterocycles. The molecule has 0 saturated carbocycles. The van der Waals surface area contributed by atoms with Crippen molar-refractivity contribution in [1.82, 2.24) is 4.90 Å². The highest BCUT2D eigenvalue weighted by atomic mass is 16.4. The lowest BCUT2D eigenvalue weighted by Crippen LogP contribution is -2.44. The standard InChI is InChI=1S/C6H9NO3/c8-5-1-3-7(5)4-2-6(9)10/h1-4H2,(H,9,10). The molecule has 1 rings (SSSR count). The van der Waals surface area contributed by atoms with Crippen LogP contribution < -0.4 is 0 Å². The van der Waals surface area contributed by atoms with Crippen LogP contribution in [0.2, 0.25) is 0 Å². The number of carbonyl (C=O) groups excluding carboxylic acids is 1. The molecule has 0 aromatic rings. The Hall–Kier alpha value is -1.06. The monoisotopic (exact) mass is 143 g/mol. The maximum atomic E-state index is 10.6. The predicted molar refractivity (Wildman–Crippen MR) is 33.4 cm³/mol. The summed E-state index contributed by atoms with van der Waals surface area (Å²) in [6.45, 7) is 1.10. The molecule has 0 spiro atoms. The predicted octanol–water partition coefficient (Wildman–Crippen LogP) is -0.307. The van der Waals surface area contributed by atoms with Gasteiger partial charge in [-0.05, 0) is 0 Å². The van der Waals surface area contributed by atoms with Crippen LogP contribution in [-0.4, -0.2) is 35.0 Å². The van der Waals surface area contributed by atoms with Crippen molar-refractivity contribution in [3.63, 3.8) is 0 Å². The van der Waals surface area contributed by atoms with E-state index in [2.05, 4.69) is 0 Å². The number of rotatable bonds is 3. The molecule has 56 valence electrons. The van der Waals surface area contributed by atoms with Gasteiger partial charge in [-0.25, -0.2) is 0 Å². The number of carboxylic acids is 1. The second-order valence-corrected chi connectivity index (χ2v) is 2.27. The summed E-state index contributed by atoms with van der Waals surface area (Å²) in [5.74, 6) is -0.777. The minimum atomic E-state index is -0.847. The molecule has 0 aliphatic carbocycles. The Bertz CT molecular complexity index is 166. The molecule has 0 bridgehead atoms. The van der Waals surface area contributed by atoms with Gasteiger partial charge in [0.15, 0.2) is 0 Å². The van der Waals surface area contributed by atoms with Crippen LogP contribution in [0.3, 0.4) is 0 Å². The first-order chi connectivity index (χ1) is 4.70. The fraction of sp³-hybridized carbons (Fsp3) is 0.667. The maximum absolute atomic E-state index is 10.6. The van der Waals surface area contributed by atoms with Crippen LogP contribution in [-0.2, 0) is 9.59 Å². The molecule has 4 heteroatoms. The Balaban J connectivity index is 2.14. The summed E-state index contributed by atoms with van der Waals surface area (Å²) >= 11 is 0. The van der Waals surface area contributed by atoms with Gasteiger partial charge in [-0.1, -0.05) is 0 Å². The molecule has 0 aromatic carbocycles. The molecule has 1 aliphatic rings. The second-order valence-electron chi connectivity index (χ2n) is 2.27. The fourth-order valence-electron chi connectivity index (χ4n) is 0.828. The second kappa shape index (κ2) is 2.68. The number of carbonyl (C=O) groups is 2. The Morgan fingerprint density at radius 1 is 1.70 bits per heavy atom. The van der Waals surface area contributed by atoms with E-state index in [4.69, 9.17) is 5.11 Å². The van der Waals surface area contributed by atoms with Gasteiger partial charge in [0.05, 0.1) is 6.42 Å². The zero-order valence-corrected chi connectivity index (χ0v) is 5.54. The van der Waals surface area contributed by atoms with Crippen LogP contribution in [0.1, 0.15) is 12.8 Å². The first kappa shape index (κ1) is 7.05. The number of likely N-dealkylation sites (tertiary alicyclic amines) is 1. The van der Waals surface area contributed by atoms with E-state index in [9.17, 15) is 9.59 Å². The van der Waals surface area contributed by atoms with Crippen LogP contribution in [0, 0.1) is 0 Å². The highest BCUT2D eigenvalue weighted by Gasteiger charge is 2.23. The van der Waals surface area contributed by atoms with E-state index in [1.54, 1.807) is 4.90 Å². The highest BCUT2D eigenvalue weighted by Crippen LogP contribution is 2.07. The number of carboxylic acid groups (broad SMARTS) is 1. The average Bonchev–Trinajstić information content (AvgIpc) is 1.84. The lowest BCUT2D eigenvalue weighted by atomic mass is 10.2. The van der Waals surface area contributed by atoms with E-state index in [-0.39, 0.29) is 12.3 Å². The molecule has 1 amide bonds. The summed E-state index contributed by atoms with van der Waals surface area (Å²) in [6.07, 6.45) is 0.644. The molecule has 1 N–H and O–H groups in total. The SMILES string of the molecule is O=C(O)CCN1CCC1=O. The van der Waals surface area contributed by atoms with Gasteiger partial charge in [0, 0.05) is 19.5 Å². The average molecular weight is 143 g/mol. The van der Waals surface area contributed by atoms with Crippen LogP contribution in [0.15, 0.2) is 0 Å². The molecule has 1 aliphatic heterocycles. The molecule has 10 heavy (non-hydrogen) atoms. The van der Waals surface area contributed by atoms with Crippen molar-refractivity contribution < 1.29 is 14.7 Å². The summed E-state index contributed by atoms with van der Waals surface area (Å²) in [4.78, 5) is 22.1. The first-order valence-electron chi connectivity index (χ1n) is 3.20. The van der Waals surface area contributed by atoms with Gasteiger partial charge in [-0.2, -0.15) is 0 Å². The number of nitrogens with zero attached hydrogens (tertiary/aromatic N) is 1. The van der Waals surface area contributed by atoms with Gasteiger partial charge in [0.25, 0.3) is 0 Å². The van der Waals surface area contributed by atoms with Gasteiger partial charge >= 0.3 is 5.97 Å². The largest absolute Gasteiger partial charge is 0.481 e. The van der Waals surface area contributed by atoms with E-state index >= 15 is 0 Å². The fourth-order valence-corrected chi connectivity index (χ4v) is 0.828. The van der Waals surface area contributed by atoms with Crippen LogP contribution in [0.5, 0.6) is 0 Å². The Kier molecular flexibility index (Phi) is 1.89. The minimum Gasteiger partial charge on any atom is -0.481 e. The lowest BCUT2D eigenvalue weighted by Gasteiger charge is -2.29. The van der Waals surface area contributed by atoms with E-state index in [0.29, 0.717) is 13.0 Å². The third kappa shape index (κ3) is 1.46. The number of amides is 1. The van der Waals surface area contributed by atoms with Crippen molar-refractivity contribution in [2.45, 2.75) is 12.8 Å². The van der Waals surface area contributed by atoms with Gasteiger partial charge in [0.1, 0.15) is 0 Å². The summed E-state index contributed by atoms with van der Waals surface area (Å²) in [5.41, 5.74) is 0. The van der Waals surface area contributed by atoms with Gasteiger partial charge in [-0.3, -0.25) is 9.59 Å². The summed E-state index contributed by atoms with van der Waals surface area (Å²) in [5, 5.41) is 8.23. The van der Waals surface area contributed by atoms with Crippen LogP contribution >= 0.6 is 0 Å². The highest BCUT2D eigenvalue weighted by molar-refractivity contribution is 5.82. The van der Waals surface area contributed by atoms with E-state index in [0.717, 1.165) is 6.54 Å². The molecule has 0 atom stereocenters.